The predicted octanol–water partition coefficient (Wildman–Crippen LogP) is 5.73. The van der Waals surface area contributed by atoms with Gasteiger partial charge in [-0.05, 0) is 87.0 Å². The molecule has 0 unspecified atom stereocenters. The molecule has 246 valence electrons. The average molecular weight is 662 g/mol. The monoisotopic (exact) mass is 660 g/mol. The van der Waals surface area contributed by atoms with Gasteiger partial charge in [0.2, 0.25) is 6.29 Å². The molecule has 6 fully saturated rings. The minimum absolute atomic E-state index is 0.0159. The first-order valence-electron chi connectivity index (χ1n) is 12.9. The second-order valence-corrected chi connectivity index (χ2v) is 14.4. The van der Waals surface area contributed by atoms with Crippen LogP contribution >= 0.6 is 23.2 Å². The van der Waals surface area contributed by atoms with E-state index in [-0.39, 0.29) is 27.8 Å². The summed E-state index contributed by atoms with van der Waals surface area (Å²) in [6.45, 7) is 12.6. The number of ether oxygens (including phenoxy) is 1. The number of alkyl carbamates (subject to hydrolysis) is 1. The number of alkyl halides is 8. The van der Waals surface area contributed by atoms with Gasteiger partial charge in [0.05, 0.1) is 16.5 Å². The topological polar surface area (TPSA) is 125 Å². The van der Waals surface area contributed by atoms with Gasteiger partial charge >= 0.3 is 24.4 Å². The molecule has 42 heavy (non-hydrogen) atoms. The Hall–Kier alpha value is -1.51. The first kappa shape index (κ1) is 38.5. The maximum Gasteiger partial charge on any atom is 0.471 e. The first-order chi connectivity index (χ1) is 18.4. The van der Waals surface area contributed by atoms with Crippen molar-refractivity contribution < 1.29 is 55.7 Å². The molecule has 0 aromatic carbocycles. The summed E-state index contributed by atoms with van der Waals surface area (Å²) in [7, 11) is 0. The molecule has 0 heterocycles. The Morgan fingerprint density at radius 1 is 0.762 bits per heavy atom. The van der Waals surface area contributed by atoms with Gasteiger partial charge in [0.1, 0.15) is 5.60 Å². The van der Waals surface area contributed by atoms with Crippen LogP contribution in [0.1, 0.15) is 87.0 Å². The van der Waals surface area contributed by atoms with E-state index in [1.165, 1.54) is 0 Å². The lowest BCUT2D eigenvalue weighted by Crippen LogP contribution is -2.80. The number of halogens is 8. The zero-order chi connectivity index (χ0) is 33.4. The van der Waals surface area contributed by atoms with Gasteiger partial charge in [-0.2, -0.15) is 26.3 Å². The van der Waals surface area contributed by atoms with Gasteiger partial charge < -0.3 is 25.6 Å². The molecular formula is C26H40Cl2F6N2O6. The van der Waals surface area contributed by atoms with Crippen LogP contribution in [0.2, 0.25) is 0 Å². The molecule has 0 aliphatic heterocycles. The molecule has 8 nitrogen and oxygen atoms in total. The van der Waals surface area contributed by atoms with E-state index in [4.69, 9.17) is 32.7 Å². The van der Waals surface area contributed by atoms with E-state index in [2.05, 4.69) is 5.32 Å². The maximum atomic E-state index is 12.0. The summed E-state index contributed by atoms with van der Waals surface area (Å²) in [6, 6.07) is 0. The second kappa shape index (κ2) is 12.1. The molecule has 0 radical (unpaired) electrons. The normalized spacial score (nSPS) is 30.7. The SMILES string of the molecule is CC(C)(C)OC(=O)NC12CC(C(C)(C)O)(C1)C2.CC(C)(O)C12CC(NC(=O)C(F)(F)F)(C1)C2.ClCCl.O=CC(F)(F)F. The molecule has 16 heteroatoms. The fourth-order valence-electron chi connectivity index (χ4n) is 5.97. The van der Waals surface area contributed by atoms with Crippen molar-refractivity contribution in [1.82, 2.24) is 10.6 Å². The summed E-state index contributed by atoms with van der Waals surface area (Å²) < 4.78 is 72.6. The molecule has 6 rings (SSSR count). The highest BCUT2D eigenvalue weighted by atomic mass is 35.5. The number of carbonyl (C=O) groups excluding carboxylic acids is 3. The van der Waals surface area contributed by atoms with Crippen LogP contribution in [0.3, 0.4) is 0 Å². The van der Waals surface area contributed by atoms with E-state index in [0.29, 0.717) is 19.3 Å². The maximum absolute atomic E-state index is 12.0. The highest BCUT2D eigenvalue weighted by Gasteiger charge is 2.74. The van der Waals surface area contributed by atoms with Crippen molar-refractivity contribution in [2.75, 3.05) is 5.34 Å². The minimum atomic E-state index is -4.82. The minimum Gasteiger partial charge on any atom is -0.444 e. The van der Waals surface area contributed by atoms with Gasteiger partial charge in [-0.25, -0.2) is 4.79 Å². The molecule has 4 N–H and O–H groups in total. The highest BCUT2D eigenvalue weighted by Crippen LogP contribution is 2.72. The quantitative estimate of drug-likeness (QED) is 0.173. The number of nitrogens with one attached hydrogen (secondary N) is 2. The smallest absolute Gasteiger partial charge is 0.444 e. The van der Waals surface area contributed by atoms with Crippen molar-refractivity contribution in [3.63, 3.8) is 0 Å². The van der Waals surface area contributed by atoms with E-state index < -0.39 is 46.9 Å². The summed E-state index contributed by atoms with van der Waals surface area (Å²) in [5.41, 5.74) is -3.10. The largest absolute Gasteiger partial charge is 0.471 e. The van der Waals surface area contributed by atoms with Crippen LogP contribution in [0.25, 0.3) is 0 Å². The fraction of sp³-hybridized carbons (Fsp3) is 0.885. The Morgan fingerprint density at radius 3 is 1.26 bits per heavy atom. The van der Waals surface area contributed by atoms with Gasteiger partial charge in [0.15, 0.2) is 0 Å². The lowest BCUT2D eigenvalue weighted by atomic mass is 9.35. The summed E-state index contributed by atoms with van der Waals surface area (Å²) in [5.74, 6) is -1.88. The molecule has 2 amide bonds. The van der Waals surface area contributed by atoms with E-state index in [1.54, 1.807) is 13.8 Å². The van der Waals surface area contributed by atoms with E-state index in [1.807, 2.05) is 39.9 Å². The first-order valence-corrected chi connectivity index (χ1v) is 14.0. The van der Waals surface area contributed by atoms with Crippen LogP contribution in [0.4, 0.5) is 31.1 Å². The fourth-order valence-corrected chi connectivity index (χ4v) is 5.97. The van der Waals surface area contributed by atoms with Crippen molar-refractivity contribution in [3.8, 4) is 0 Å². The number of amides is 2. The van der Waals surface area contributed by atoms with Crippen LogP contribution < -0.4 is 10.6 Å². The molecule has 6 aliphatic rings. The van der Waals surface area contributed by atoms with Crippen molar-refractivity contribution in [2.24, 2.45) is 10.8 Å². The van der Waals surface area contributed by atoms with Gasteiger partial charge in [0.25, 0.3) is 0 Å². The third kappa shape index (κ3) is 9.25. The molecule has 4 bridgehead atoms. The Morgan fingerprint density at radius 2 is 1.05 bits per heavy atom. The third-order valence-corrected chi connectivity index (χ3v) is 8.19. The third-order valence-electron chi connectivity index (χ3n) is 8.19. The number of hydrogen-bond acceptors (Lipinski definition) is 6. The zero-order valence-electron chi connectivity index (χ0n) is 24.6. The number of aldehydes is 1. The van der Waals surface area contributed by atoms with Gasteiger partial charge in [-0.3, -0.25) is 9.59 Å². The van der Waals surface area contributed by atoms with Crippen LogP contribution in [-0.4, -0.2) is 74.1 Å². The predicted molar refractivity (Wildman–Crippen MR) is 143 cm³/mol. The number of carbonyl (C=O) groups is 3. The van der Waals surface area contributed by atoms with Crippen molar-refractivity contribution in [1.29, 1.82) is 0 Å². The summed E-state index contributed by atoms with van der Waals surface area (Å²) in [4.78, 5) is 31.1. The molecule has 0 aromatic heterocycles. The molecular weight excluding hydrogens is 621 g/mol. The second-order valence-electron chi connectivity index (χ2n) is 13.6. The lowest BCUT2D eigenvalue weighted by molar-refractivity contribution is -0.255. The number of aliphatic hydroxyl groups is 2. The van der Waals surface area contributed by atoms with Crippen molar-refractivity contribution >= 4 is 41.5 Å². The molecule has 6 saturated carbocycles. The standard InChI is InChI=1S/C13H23NO3.C10H14F3NO2.C2HF3O.CH2Cl2/c1-10(2,3)17-9(15)14-13-6-12(7-13,8-13)11(4,5)16;1-7(2,16)8-3-9(4-8,5-8)14-6(15)10(11,12)13;3-2(4,5)1-6;2-1-3/h16H,6-8H2,1-5H3,(H,14,15);16H,3-5H2,1-2H3,(H,14,15);1H;1H2. The van der Waals surface area contributed by atoms with Gasteiger partial charge in [-0.1, -0.05) is 0 Å². The summed E-state index contributed by atoms with van der Waals surface area (Å²) in [6.07, 6.45) is -6.97. The van der Waals surface area contributed by atoms with Gasteiger partial charge in [-0.15, -0.1) is 23.2 Å². The van der Waals surface area contributed by atoms with Crippen LogP contribution in [0, 0.1) is 10.8 Å². The van der Waals surface area contributed by atoms with E-state index >= 15 is 0 Å². The van der Waals surface area contributed by atoms with Crippen molar-refractivity contribution in [2.45, 2.75) is 127 Å². The molecule has 0 aromatic rings. The number of rotatable bonds is 4. The number of hydrogen-bond donors (Lipinski definition) is 4. The van der Waals surface area contributed by atoms with Crippen LogP contribution in [0.5, 0.6) is 0 Å². The Kier molecular flexibility index (Phi) is 11.1. The average Bonchev–Trinajstić information content (AvgIpc) is 2.61. The highest BCUT2D eigenvalue weighted by molar-refractivity contribution is 6.40. The Labute approximate surface area is 251 Å². The Bertz CT molecular complexity index is 960. The summed E-state index contributed by atoms with van der Waals surface area (Å²) >= 11 is 9.53. The van der Waals surface area contributed by atoms with Crippen molar-refractivity contribution in [3.05, 3.63) is 0 Å². The van der Waals surface area contributed by atoms with E-state index in [9.17, 15) is 46.1 Å². The van der Waals surface area contributed by atoms with Crippen LogP contribution in [0.15, 0.2) is 0 Å². The van der Waals surface area contributed by atoms with Gasteiger partial charge in [0, 0.05) is 21.9 Å². The summed E-state index contributed by atoms with van der Waals surface area (Å²) in [5, 5.41) is 25.0. The Balaban J connectivity index is 0.000000328. The molecule has 0 saturated heterocycles. The molecule has 0 spiro atoms. The molecule has 0 atom stereocenters. The zero-order valence-corrected chi connectivity index (χ0v) is 26.1. The lowest BCUT2D eigenvalue weighted by Gasteiger charge is -2.74. The van der Waals surface area contributed by atoms with Crippen LogP contribution in [-0.2, 0) is 14.3 Å². The molecule has 6 aliphatic carbocycles. The van der Waals surface area contributed by atoms with E-state index in [0.717, 1.165) is 19.3 Å².